The fourth-order valence-corrected chi connectivity index (χ4v) is 14.2. The van der Waals surface area contributed by atoms with Crippen LogP contribution in [-0.2, 0) is 19.4 Å². The van der Waals surface area contributed by atoms with E-state index in [0.717, 1.165) is 44.9 Å². The van der Waals surface area contributed by atoms with E-state index in [1.54, 1.807) is 5.57 Å². The molecule has 2 N–H and O–H groups in total. The van der Waals surface area contributed by atoms with E-state index in [0.29, 0.717) is 37.3 Å². The molecule has 0 aromatic heterocycles. The lowest BCUT2D eigenvalue weighted by Gasteiger charge is -2.71. The predicted molar refractivity (Wildman–Crippen MR) is 190 cm³/mol. The maximum atomic E-state index is 14.6. The molecule has 0 bridgehead atoms. The summed E-state index contributed by atoms with van der Waals surface area (Å²) in [5, 5.41) is 0. The van der Waals surface area contributed by atoms with E-state index in [9.17, 15) is 18.0 Å². The van der Waals surface area contributed by atoms with Gasteiger partial charge < -0.3 is 10.6 Å². The molecule has 1 amide bonds. The summed E-state index contributed by atoms with van der Waals surface area (Å²) < 4.78 is 24.6. The Balaban J connectivity index is 1.33. The molecule has 1 heterocycles. The zero-order valence-electron chi connectivity index (χ0n) is 31.3. The minimum absolute atomic E-state index is 0.0582. The first-order chi connectivity index (χ1) is 21.6. The molecule has 266 valence electrons. The number of hydrogen-bond acceptors (Lipinski definition) is 5. The van der Waals surface area contributed by atoms with Crippen LogP contribution in [0.4, 0.5) is 0 Å². The SMILES string of the molecule is CC(C)[C@H](N)C(=O)C[C@H]1CC[C@@]2(C)C(CC[C@]3(C)[C@@H]2CCC2=C4CC(C)(C)CC[C@]4(C(=O)N4CCS(=O)(=O)CC4)CC[C@]23C)C1(C)C. The average Bonchev–Trinajstić information content (AvgIpc) is 2.98. The monoisotopic (exact) mass is 670 g/mol. The number of allylic oxidation sites excluding steroid dienone is 1. The fraction of sp³-hybridized carbons (Fsp3) is 0.900. The van der Waals surface area contributed by atoms with Crippen LogP contribution < -0.4 is 5.73 Å². The van der Waals surface area contributed by atoms with Gasteiger partial charge in [0, 0.05) is 19.5 Å². The smallest absolute Gasteiger partial charge is 0.232 e. The molecule has 0 aromatic carbocycles. The molecule has 6 aliphatic rings. The highest BCUT2D eigenvalue weighted by Gasteiger charge is 2.68. The standard InChI is InChI=1S/C40H66N2O4S/c1-26(2)33(41)30(43)24-27-12-14-37(7)31(36(27,5)6)13-15-39(9)32(37)11-10-28-29-25-35(3,4)16-18-40(29,19-17-38(28,39)8)34(44)42-20-22-47(45,46)23-21-42/h26-27,31-33H,10-25,41H2,1-9H3/t27-,31?,32-,33+,37+,38-,39-,40+/m1/s1. The predicted octanol–water partition coefficient (Wildman–Crippen LogP) is 7.75. The second kappa shape index (κ2) is 11.4. The zero-order chi connectivity index (χ0) is 34.6. The first kappa shape index (κ1) is 35.6. The van der Waals surface area contributed by atoms with Crippen molar-refractivity contribution in [1.82, 2.24) is 4.90 Å². The van der Waals surface area contributed by atoms with Crippen LogP contribution in [0.25, 0.3) is 0 Å². The molecular weight excluding hydrogens is 605 g/mol. The number of nitrogens with two attached hydrogens (primary N) is 1. The van der Waals surface area contributed by atoms with Crippen LogP contribution in [0.5, 0.6) is 0 Å². The summed E-state index contributed by atoms with van der Waals surface area (Å²) in [5.74, 6) is 2.42. The van der Waals surface area contributed by atoms with Crippen molar-refractivity contribution in [2.75, 3.05) is 24.6 Å². The van der Waals surface area contributed by atoms with Crippen molar-refractivity contribution in [2.45, 2.75) is 145 Å². The Bertz CT molecular complexity index is 1430. The molecule has 4 saturated carbocycles. The number of hydrogen-bond donors (Lipinski definition) is 1. The van der Waals surface area contributed by atoms with Crippen LogP contribution >= 0.6 is 0 Å². The molecule has 1 unspecified atom stereocenters. The molecule has 0 spiro atoms. The largest absolute Gasteiger partial charge is 0.340 e. The summed E-state index contributed by atoms with van der Waals surface area (Å²) in [6.45, 7) is 22.3. The second-order valence-corrected chi connectivity index (χ2v) is 22.1. The highest BCUT2D eigenvalue weighted by atomic mass is 32.2. The zero-order valence-corrected chi connectivity index (χ0v) is 32.1. The van der Waals surface area contributed by atoms with Gasteiger partial charge in [0.1, 0.15) is 5.78 Å². The van der Waals surface area contributed by atoms with Gasteiger partial charge in [-0.3, -0.25) is 9.59 Å². The second-order valence-electron chi connectivity index (χ2n) is 19.8. The van der Waals surface area contributed by atoms with Crippen molar-refractivity contribution >= 4 is 21.5 Å². The minimum atomic E-state index is -3.05. The molecule has 47 heavy (non-hydrogen) atoms. The number of fused-ring (bicyclic) bond motifs is 6. The molecule has 6 nitrogen and oxygen atoms in total. The minimum Gasteiger partial charge on any atom is -0.340 e. The quantitative estimate of drug-likeness (QED) is 0.302. The summed E-state index contributed by atoms with van der Waals surface area (Å²) in [5.41, 5.74) is 9.65. The van der Waals surface area contributed by atoms with Gasteiger partial charge in [0.2, 0.25) is 5.91 Å². The van der Waals surface area contributed by atoms with Gasteiger partial charge >= 0.3 is 0 Å². The average molecular weight is 671 g/mol. The maximum absolute atomic E-state index is 14.6. The Hall–Kier alpha value is -1.21. The van der Waals surface area contributed by atoms with E-state index in [4.69, 9.17) is 5.73 Å². The van der Waals surface area contributed by atoms with E-state index in [-0.39, 0.29) is 62.2 Å². The number of nitrogens with zero attached hydrogens (tertiary/aromatic N) is 1. The first-order valence-electron chi connectivity index (χ1n) is 19.1. The van der Waals surface area contributed by atoms with Crippen LogP contribution in [0.3, 0.4) is 0 Å². The molecule has 0 aromatic rings. The van der Waals surface area contributed by atoms with Gasteiger partial charge in [0.25, 0.3) is 0 Å². The maximum Gasteiger partial charge on any atom is 0.232 e. The van der Waals surface area contributed by atoms with Gasteiger partial charge in [0.05, 0.1) is 23.0 Å². The van der Waals surface area contributed by atoms with Crippen LogP contribution in [0.15, 0.2) is 11.1 Å². The third-order valence-corrected chi connectivity index (χ3v) is 18.0. The Morgan fingerprint density at radius 3 is 2.11 bits per heavy atom. The Morgan fingerprint density at radius 1 is 0.830 bits per heavy atom. The number of ketones is 1. The highest BCUT2D eigenvalue weighted by Crippen LogP contribution is 2.76. The van der Waals surface area contributed by atoms with Crippen LogP contribution in [0.2, 0.25) is 0 Å². The van der Waals surface area contributed by atoms with Crippen molar-refractivity contribution in [3.63, 3.8) is 0 Å². The van der Waals surface area contributed by atoms with Gasteiger partial charge in [-0.25, -0.2) is 8.42 Å². The molecule has 5 fully saturated rings. The third kappa shape index (κ3) is 5.35. The molecular formula is C40H66N2O4S. The number of carbonyl (C=O) groups is 2. The molecule has 1 saturated heterocycles. The number of amides is 1. The summed E-state index contributed by atoms with van der Waals surface area (Å²) in [6.07, 6.45) is 12.4. The van der Waals surface area contributed by atoms with E-state index in [2.05, 4.69) is 62.3 Å². The van der Waals surface area contributed by atoms with Crippen molar-refractivity contribution in [3.05, 3.63) is 11.1 Å². The number of sulfone groups is 1. The first-order valence-corrected chi connectivity index (χ1v) is 21.0. The summed E-state index contributed by atoms with van der Waals surface area (Å²) in [6, 6.07) is -0.364. The molecule has 1 aliphatic heterocycles. The number of carbonyl (C=O) groups excluding carboxylic acids is 2. The lowest BCUT2D eigenvalue weighted by atomic mass is 9.33. The van der Waals surface area contributed by atoms with Gasteiger partial charge in [-0.1, -0.05) is 73.5 Å². The van der Waals surface area contributed by atoms with Gasteiger partial charge in [0.15, 0.2) is 9.84 Å². The Morgan fingerprint density at radius 2 is 1.47 bits per heavy atom. The van der Waals surface area contributed by atoms with Crippen molar-refractivity contribution in [3.8, 4) is 0 Å². The van der Waals surface area contributed by atoms with Crippen LogP contribution in [-0.4, -0.2) is 55.6 Å². The number of rotatable bonds is 5. The Labute approximate surface area is 286 Å². The normalized spacial score (nSPS) is 42.9. The topological polar surface area (TPSA) is 97.5 Å². The fourth-order valence-electron chi connectivity index (χ4n) is 13.0. The van der Waals surface area contributed by atoms with Gasteiger partial charge in [-0.05, 0) is 121 Å². The molecule has 7 heteroatoms. The summed E-state index contributed by atoms with van der Waals surface area (Å²) >= 11 is 0. The van der Waals surface area contributed by atoms with Gasteiger partial charge in [-0.15, -0.1) is 0 Å². The molecule has 8 atom stereocenters. The van der Waals surface area contributed by atoms with Crippen molar-refractivity contribution < 1.29 is 18.0 Å². The molecule has 5 aliphatic carbocycles. The van der Waals surface area contributed by atoms with Crippen LogP contribution in [0, 0.1) is 56.2 Å². The van der Waals surface area contributed by atoms with E-state index >= 15 is 0 Å². The van der Waals surface area contributed by atoms with Crippen molar-refractivity contribution in [1.29, 1.82) is 0 Å². The lowest BCUT2D eigenvalue weighted by Crippen LogP contribution is -2.64. The highest BCUT2D eigenvalue weighted by molar-refractivity contribution is 7.91. The molecule has 0 radical (unpaired) electrons. The van der Waals surface area contributed by atoms with Crippen LogP contribution in [0.1, 0.15) is 139 Å². The third-order valence-electron chi connectivity index (χ3n) is 16.4. The summed E-state index contributed by atoms with van der Waals surface area (Å²) in [4.78, 5) is 29.8. The van der Waals surface area contributed by atoms with E-state index in [1.807, 2.05) is 4.90 Å². The Kier molecular flexibility index (Phi) is 8.64. The van der Waals surface area contributed by atoms with Crippen molar-refractivity contribution in [2.24, 2.45) is 61.9 Å². The molecule has 6 rings (SSSR count). The summed E-state index contributed by atoms with van der Waals surface area (Å²) in [7, 11) is -3.05. The van der Waals surface area contributed by atoms with E-state index in [1.165, 1.54) is 31.3 Å². The van der Waals surface area contributed by atoms with E-state index < -0.39 is 15.3 Å². The van der Waals surface area contributed by atoms with Gasteiger partial charge in [-0.2, -0.15) is 0 Å². The lowest BCUT2D eigenvalue weighted by molar-refractivity contribution is -0.194. The number of Topliss-reactive ketones (excluding diaryl/α,β-unsaturated/α-hetero) is 1.